The van der Waals surface area contributed by atoms with Crippen LogP contribution in [0.15, 0.2) is 23.2 Å². The zero-order chi connectivity index (χ0) is 14.6. The molecule has 0 aliphatic carbocycles. The van der Waals surface area contributed by atoms with Crippen LogP contribution < -0.4 is 11.1 Å². The molecule has 2 rings (SSSR count). The Morgan fingerprint density at radius 2 is 2.29 bits per heavy atom. The second-order valence-electron chi connectivity index (χ2n) is 4.64. The van der Waals surface area contributed by atoms with Crippen LogP contribution in [0.3, 0.4) is 0 Å². The van der Waals surface area contributed by atoms with Crippen LogP contribution in [0.5, 0.6) is 0 Å². The van der Waals surface area contributed by atoms with Crippen LogP contribution in [0.4, 0.5) is 14.5 Å². The summed E-state index contributed by atoms with van der Waals surface area (Å²) in [5, 5.41) is 2.53. The van der Waals surface area contributed by atoms with Gasteiger partial charge in [0.2, 0.25) is 0 Å². The van der Waals surface area contributed by atoms with Crippen LogP contribution in [0.25, 0.3) is 0 Å². The average Bonchev–Trinajstić information content (AvgIpc) is 2.90. The monoisotopic (exact) mass is 413 g/mol. The number of benzene rings is 1. The highest BCUT2D eigenvalue weighted by molar-refractivity contribution is 14.0. The highest BCUT2D eigenvalue weighted by atomic mass is 127. The minimum Gasteiger partial charge on any atom is -0.378 e. The first-order chi connectivity index (χ1) is 9.54. The van der Waals surface area contributed by atoms with Crippen molar-refractivity contribution >= 4 is 35.6 Å². The van der Waals surface area contributed by atoms with E-state index in [0.717, 1.165) is 18.2 Å². The van der Waals surface area contributed by atoms with Gasteiger partial charge in [0.15, 0.2) is 5.96 Å². The fraction of sp³-hybridized carbons (Fsp3) is 0.462. The third kappa shape index (κ3) is 4.75. The average molecular weight is 413 g/mol. The van der Waals surface area contributed by atoms with Gasteiger partial charge in [0.25, 0.3) is 0 Å². The van der Waals surface area contributed by atoms with Gasteiger partial charge in [0.1, 0.15) is 17.2 Å². The van der Waals surface area contributed by atoms with E-state index in [2.05, 4.69) is 10.3 Å². The molecule has 118 valence electrons. The van der Waals surface area contributed by atoms with E-state index in [1.165, 1.54) is 0 Å². The summed E-state index contributed by atoms with van der Waals surface area (Å²) in [5.74, 6) is -1.16. The molecule has 1 fully saturated rings. The van der Waals surface area contributed by atoms with Crippen LogP contribution in [0.2, 0.25) is 0 Å². The zero-order valence-electron chi connectivity index (χ0n) is 11.6. The van der Waals surface area contributed by atoms with Crippen molar-refractivity contribution in [3.63, 3.8) is 0 Å². The molecule has 0 radical (unpaired) electrons. The fourth-order valence-electron chi connectivity index (χ4n) is 1.94. The second kappa shape index (κ2) is 7.85. The standard InChI is InChI=1S/C13H17F2N3O2.HI/c1-19-13(4-5-20-8-13)7-17-12(16)18-11-6-9(14)2-3-10(11)15;/h2-3,6H,4-5,7-8H2,1H3,(H3,16,17,18);1H. The van der Waals surface area contributed by atoms with Gasteiger partial charge < -0.3 is 20.5 Å². The summed E-state index contributed by atoms with van der Waals surface area (Å²) < 4.78 is 37.1. The molecule has 0 aromatic heterocycles. The first-order valence-electron chi connectivity index (χ1n) is 6.19. The summed E-state index contributed by atoms with van der Waals surface area (Å²) in [7, 11) is 1.58. The van der Waals surface area contributed by atoms with Gasteiger partial charge in [0, 0.05) is 26.2 Å². The van der Waals surface area contributed by atoms with Gasteiger partial charge in [-0.3, -0.25) is 4.99 Å². The maximum Gasteiger partial charge on any atom is 0.193 e. The van der Waals surface area contributed by atoms with Gasteiger partial charge in [-0.1, -0.05) is 0 Å². The van der Waals surface area contributed by atoms with Gasteiger partial charge in [-0.2, -0.15) is 0 Å². The van der Waals surface area contributed by atoms with Crippen LogP contribution >= 0.6 is 24.0 Å². The maximum atomic E-state index is 13.4. The summed E-state index contributed by atoms with van der Waals surface area (Å²) in [6, 6.07) is 3.07. The molecule has 1 heterocycles. The summed E-state index contributed by atoms with van der Waals surface area (Å²) >= 11 is 0. The molecule has 1 atom stereocenters. The highest BCUT2D eigenvalue weighted by Crippen LogP contribution is 2.22. The summed E-state index contributed by atoms with van der Waals surface area (Å²) in [4.78, 5) is 4.10. The Bertz CT molecular complexity index is 508. The lowest BCUT2D eigenvalue weighted by Crippen LogP contribution is -2.37. The molecule has 5 nitrogen and oxygen atoms in total. The largest absolute Gasteiger partial charge is 0.378 e. The summed E-state index contributed by atoms with van der Waals surface area (Å²) in [5.41, 5.74) is 5.12. The molecule has 0 saturated carbocycles. The molecule has 1 saturated heterocycles. The number of ether oxygens (including phenoxy) is 2. The van der Waals surface area contributed by atoms with Crippen molar-refractivity contribution in [3.8, 4) is 0 Å². The predicted octanol–water partition coefficient (Wildman–Crippen LogP) is 2.11. The van der Waals surface area contributed by atoms with E-state index in [4.69, 9.17) is 15.2 Å². The van der Waals surface area contributed by atoms with E-state index in [1.807, 2.05) is 0 Å². The van der Waals surface area contributed by atoms with E-state index in [9.17, 15) is 8.78 Å². The van der Waals surface area contributed by atoms with Gasteiger partial charge in [-0.05, 0) is 12.1 Å². The number of anilines is 1. The number of methoxy groups -OCH3 is 1. The number of nitrogens with one attached hydrogen (secondary N) is 1. The molecular weight excluding hydrogens is 395 g/mol. The molecular formula is C13H18F2IN3O2. The van der Waals surface area contributed by atoms with Gasteiger partial charge >= 0.3 is 0 Å². The Morgan fingerprint density at radius 1 is 1.52 bits per heavy atom. The van der Waals surface area contributed by atoms with E-state index < -0.39 is 17.2 Å². The van der Waals surface area contributed by atoms with E-state index in [-0.39, 0.29) is 35.6 Å². The first-order valence-corrected chi connectivity index (χ1v) is 6.19. The number of guanidine groups is 1. The van der Waals surface area contributed by atoms with E-state index in [1.54, 1.807) is 7.11 Å². The first kappa shape index (κ1) is 18.1. The van der Waals surface area contributed by atoms with Crippen molar-refractivity contribution in [3.05, 3.63) is 29.8 Å². The van der Waals surface area contributed by atoms with Crippen molar-refractivity contribution in [2.75, 3.05) is 32.2 Å². The molecule has 1 aromatic carbocycles. The Labute approximate surface area is 138 Å². The number of nitrogens with zero attached hydrogens (tertiary/aromatic N) is 1. The third-order valence-corrected chi connectivity index (χ3v) is 3.23. The Morgan fingerprint density at radius 3 is 2.90 bits per heavy atom. The second-order valence-corrected chi connectivity index (χ2v) is 4.64. The number of nitrogens with two attached hydrogens (primary N) is 1. The van der Waals surface area contributed by atoms with Gasteiger partial charge in [-0.15, -0.1) is 24.0 Å². The molecule has 0 bridgehead atoms. The SMILES string of the molecule is COC1(CN=C(N)Nc2cc(F)ccc2F)CCOC1.I. The molecule has 1 unspecified atom stereocenters. The van der Waals surface area contributed by atoms with E-state index >= 15 is 0 Å². The maximum absolute atomic E-state index is 13.4. The Balaban J connectivity index is 0.00000220. The lowest BCUT2D eigenvalue weighted by molar-refractivity contribution is -0.00900. The Hall–Kier alpha value is -1.00. The quantitative estimate of drug-likeness (QED) is 0.451. The van der Waals surface area contributed by atoms with Crippen molar-refractivity contribution in [2.45, 2.75) is 12.0 Å². The molecule has 0 spiro atoms. The van der Waals surface area contributed by atoms with Crippen molar-refractivity contribution < 1.29 is 18.3 Å². The molecule has 0 amide bonds. The van der Waals surface area contributed by atoms with E-state index in [0.29, 0.717) is 26.2 Å². The number of hydrogen-bond donors (Lipinski definition) is 2. The third-order valence-electron chi connectivity index (χ3n) is 3.23. The minimum atomic E-state index is -0.602. The molecule has 1 aliphatic heterocycles. The molecule has 1 aromatic rings. The van der Waals surface area contributed by atoms with Gasteiger partial charge in [-0.25, -0.2) is 8.78 Å². The van der Waals surface area contributed by atoms with Crippen molar-refractivity contribution in [1.29, 1.82) is 0 Å². The number of aliphatic imine (C=N–C) groups is 1. The fourth-order valence-corrected chi connectivity index (χ4v) is 1.94. The van der Waals surface area contributed by atoms with Gasteiger partial charge in [0.05, 0.1) is 18.8 Å². The predicted molar refractivity (Wildman–Crippen MR) is 87.1 cm³/mol. The zero-order valence-corrected chi connectivity index (χ0v) is 13.9. The molecule has 1 aliphatic rings. The summed E-state index contributed by atoms with van der Waals surface area (Å²) in [6.07, 6.45) is 0.717. The van der Waals surface area contributed by atoms with Crippen LogP contribution in [0.1, 0.15) is 6.42 Å². The highest BCUT2D eigenvalue weighted by Gasteiger charge is 2.34. The minimum absolute atomic E-state index is 0. The smallest absolute Gasteiger partial charge is 0.193 e. The van der Waals surface area contributed by atoms with Crippen molar-refractivity contribution in [1.82, 2.24) is 0 Å². The molecule has 21 heavy (non-hydrogen) atoms. The van der Waals surface area contributed by atoms with Crippen molar-refractivity contribution in [2.24, 2.45) is 10.7 Å². The van der Waals surface area contributed by atoms with Crippen LogP contribution in [-0.2, 0) is 9.47 Å². The molecule has 3 N–H and O–H groups in total. The van der Waals surface area contributed by atoms with Crippen LogP contribution in [0, 0.1) is 11.6 Å². The lowest BCUT2D eigenvalue weighted by Gasteiger charge is -2.23. The lowest BCUT2D eigenvalue weighted by atomic mass is 10.0. The Kier molecular flexibility index (Phi) is 6.75. The number of rotatable bonds is 4. The summed E-state index contributed by atoms with van der Waals surface area (Å²) in [6.45, 7) is 1.34. The molecule has 8 heteroatoms. The number of halogens is 3. The normalized spacial score (nSPS) is 22.0. The number of hydrogen-bond acceptors (Lipinski definition) is 3. The van der Waals surface area contributed by atoms with Crippen LogP contribution in [-0.4, -0.2) is 38.4 Å². The topological polar surface area (TPSA) is 68.9 Å².